The van der Waals surface area contributed by atoms with Gasteiger partial charge in [0.2, 0.25) is 0 Å². The van der Waals surface area contributed by atoms with Gasteiger partial charge in [-0.2, -0.15) is 0 Å². The van der Waals surface area contributed by atoms with Gasteiger partial charge >= 0.3 is 0 Å². The second-order valence-electron chi connectivity index (χ2n) is 7.95. The first kappa shape index (κ1) is 18.4. The predicted octanol–water partition coefficient (Wildman–Crippen LogP) is 5.86. The van der Waals surface area contributed by atoms with Crippen LogP contribution in [0.5, 0.6) is 0 Å². The Labute approximate surface area is 167 Å². The highest BCUT2D eigenvalue weighted by molar-refractivity contribution is 6.30. The van der Waals surface area contributed by atoms with Crippen LogP contribution >= 0.6 is 11.6 Å². The lowest BCUT2D eigenvalue weighted by molar-refractivity contribution is -0.384. The zero-order valence-electron chi connectivity index (χ0n) is 15.6. The van der Waals surface area contributed by atoms with E-state index in [4.69, 9.17) is 11.6 Å². The van der Waals surface area contributed by atoms with Crippen molar-refractivity contribution in [3.8, 4) is 16.9 Å². The maximum atomic E-state index is 12.8. The number of Topliss-reactive ketones (excluding diaryl/α,β-unsaturated/α-hetero) is 1. The summed E-state index contributed by atoms with van der Waals surface area (Å²) in [6.07, 6.45) is 1.27. The van der Waals surface area contributed by atoms with E-state index in [0.717, 1.165) is 34.6 Å². The van der Waals surface area contributed by atoms with Crippen LogP contribution in [0.25, 0.3) is 16.9 Å². The van der Waals surface area contributed by atoms with E-state index in [-0.39, 0.29) is 16.9 Å². The van der Waals surface area contributed by atoms with Crippen LogP contribution in [0.1, 0.15) is 36.3 Å². The smallest absolute Gasteiger partial charge is 0.269 e. The molecule has 0 unspecified atom stereocenters. The maximum absolute atomic E-state index is 12.8. The van der Waals surface area contributed by atoms with Crippen LogP contribution in [0.15, 0.2) is 54.6 Å². The topological polar surface area (TPSA) is 65.1 Å². The second kappa shape index (κ2) is 6.60. The number of nitro groups is 1. The van der Waals surface area contributed by atoms with Crippen molar-refractivity contribution in [3.63, 3.8) is 0 Å². The molecule has 0 amide bonds. The summed E-state index contributed by atoms with van der Waals surface area (Å²) in [5.41, 5.74) is 4.17. The fourth-order valence-corrected chi connectivity index (χ4v) is 3.99. The normalized spacial score (nSPS) is 15.3. The number of hydrogen-bond donors (Lipinski definition) is 0. The number of halogens is 1. The molecule has 1 aliphatic rings. The minimum atomic E-state index is -0.418. The third-order valence-corrected chi connectivity index (χ3v) is 5.40. The molecule has 6 heteroatoms. The van der Waals surface area contributed by atoms with Crippen LogP contribution < -0.4 is 0 Å². The van der Waals surface area contributed by atoms with Crippen LogP contribution in [-0.4, -0.2) is 15.3 Å². The van der Waals surface area contributed by atoms with Gasteiger partial charge in [-0.3, -0.25) is 14.9 Å². The molecule has 142 valence electrons. The number of non-ortho nitro benzene ring substituents is 1. The Hall–Kier alpha value is -2.92. The number of fused-ring (bicyclic) bond motifs is 1. The number of benzene rings is 2. The summed E-state index contributed by atoms with van der Waals surface area (Å²) in [4.78, 5) is 23.4. The Balaban J connectivity index is 1.94. The van der Waals surface area contributed by atoms with Crippen molar-refractivity contribution in [2.75, 3.05) is 0 Å². The van der Waals surface area contributed by atoms with Gasteiger partial charge in [0.05, 0.1) is 10.6 Å². The fraction of sp³-hybridized carbons (Fsp3) is 0.227. The van der Waals surface area contributed by atoms with Crippen molar-refractivity contribution in [1.82, 2.24) is 4.57 Å². The van der Waals surface area contributed by atoms with Gasteiger partial charge in [0.1, 0.15) is 0 Å². The summed E-state index contributed by atoms with van der Waals surface area (Å²) in [7, 11) is 0. The first-order valence-corrected chi connectivity index (χ1v) is 9.41. The summed E-state index contributed by atoms with van der Waals surface area (Å²) >= 11 is 6.06. The molecule has 5 nitrogen and oxygen atoms in total. The highest BCUT2D eigenvalue weighted by Crippen LogP contribution is 2.40. The minimum absolute atomic E-state index is 0.0373. The molecule has 0 fully saturated rings. The summed E-state index contributed by atoms with van der Waals surface area (Å²) in [6, 6.07) is 15.8. The molecule has 28 heavy (non-hydrogen) atoms. The van der Waals surface area contributed by atoms with E-state index >= 15 is 0 Å². The van der Waals surface area contributed by atoms with Gasteiger partial charge in [-0.15, -0.1) is 0 Å². The third kappa shape index (κ3) is 3.22. The zero-order chi connectivity index (χ0) is 20.1. The fourth-order valence-electron chi connectivity index (χ4n) is 3.86. The number of ketones is 1. The lowest BCUT2D eigenvalue weighted by Crippen LogP contribution is -2.27. The molecule has 0 saturated heterocycles. The summed E-state index contributed by atoms with van der Waals surface area (Å²) < 4.78 is 2.08. The number of hydrogen-bond acceptors (Lipinski definition) is 3. The van der Waals surface area contributed by atoms with Crippen molar-refractivity contribution in [2.45, 2.75) is 26.7 Å². The van der Waals surface area contributed by atoms with E-state index in [1.54, 1.807) is 12.1 Å². The Morgan fingerprint density at radius 2 is 1.68 bits per heavy atom. The molecule has 1 heterocycles. The second-order valence-corrected chi connectivity index (χ2v) is 8.38. The molecule has 4 rings (SSSR count). The molecule has 0 saturated carbocycles. The average Bonchev–Trinajstić information content (AvgIpc) is 3.01. The number of nitrogens with zero attached hydrogens (tertiary/aromatic N) is 2. The van der Waals surface area contributed by atoms with Gasteiger partial charge in [-0.25, -0.2) is 0 Å². The third-order valence-electron chi connectivity index (χ3n) is 5.15. The molecule has 0 bridgehead atoms. The van der Waals surface area contributed by atoms with Crippen LogP contribution in [-0.2, 0) is 6.42 Å². The quantitative estimate of drug-likeness (QED) is 0.412. The molecule has 2 aromatic carbocycles. The molecule has 0 spiro atoms. The van der Waals surface area contributed by atoms with Crippen molar-refractivity contribution in [3.05, 3.63) is 81.0 Å². The summed E-state index contributed by atoms with van der Waals surface area (Å²) in [5, 5.41) is 11.6. The van der Waals surface area contributed by atoms with E-state index in [9.17, 15) is 14.9 Å². The Bertz CT molecular complexity index is 1080. The van der Waals surface area contributed by atoms with E-state index < -0.39 is 4.92 Å². The number of rotatable bonds is 3. The Morgan fingerprint density at radius 3 is 2.29 bits per heavy atom. The number of aromatic nitrogens is 1. The highest BCUT2D eigenvalue weighted by Gasteiger charge is 2.35. The van der Waals surface area contributed by atoms with E-state index in [1.165, 1.54) is 12.1 Å². The predicted molar refractivity (Wildman–Crippen MR) is 109 cm³/mol. The average molecular weight is 395 g/mol. The first-order valence-electron chi connectivity index (χ1n) is 9.04. The standard InChI is InChI=1S/C22H19ClN2O3/c1-22(2)12-20-18(21(26)13-22)11-19(14-3-7-17(8-4-14)25(27)28)24(20)16-9-5-15(23)6-10-16/h3-11H,12-13H2,1-2H3. The van der Waals surface area contributed by atoms with Gasteiger partial charge in [0.25, 0.3) is 5.69 Å². The number of nitro benzene ring substituents is 1. The monoisotopic (exact) mass is 394 g/mol. The van der Waals surface area contributed by atoms with E-state index in [1.807, 2.05) is 30.3 Å². The summed E-state index contributed by atoms with van der Waals surface area (Å²) in [5.74, 6) is 0.127. The SMILES string of the molecule is CC1(C)CC(=O)c2cc(-c3ccc([N+](=O)[O-])cc3)n(-c3ccc(Cl)cc3)c2C1. The minimum Gasteiger partial charge on any atom is -0.313 e. The molecule has 0 radical (unpaired) electrons. The number of carbonyl (C=O) groups excluding carboxylic acids is 1. The van der Waals surface area contributed by atoms with Crippen molar-refractivity contribution in [1.29, 1.82) is 0 Å². The van der Waals surface area contributed by atoms with Crippen molar-refractivity contribution >= 4 is 23.1 Å². The van der Waals surface area contributed by atoms with Gasteiger partial charge in [0, 0.05) is 40.5 Å². The van der Waals surface area contributed by atoms with Crippen LogP contribution in [0.3, 0.4) is 0 Å². The largest absolute Gasteiger partial charge is 0.313 e. The van der Waals surface area contributed by atoms with Crippen LogP contribution in [0.4, 0.5) is 5.69 Å². The Morgan fingerprint density at radius 1 is 1.04 bits per heavy atom. The van der Waals surface area contributed by atoms with Crippen molar-refractivity contribution < 1.29 is 9.72 Å². The molecule has 1 aliphatic carbocycles. The first-order chi connectivity index (χ1) is 13.2. The molecule has 1 aromatic heterocycles. The lowest BCUT2D eigenvalue weighted by Gasteiger charge is -2.30. The van der Waals surface area contributed by atoms with Gasteiger partial charge < -0.3 is 4.57 Å². The molecular weight excluding hydrogens is 376 g/mol. The lowest BCUT2D eigenvalue weighted by atomic mass is 9.76. The van der Waals surface area contributed by atoms with E-state index in [0.29, 0.717) is 11.4 Å². The Kier molecular flexibility index (Phi) is 4.35. The van der Waals surface area contributed by atoms with Gasteiger partial charge in [0.15, 0.2) is 5.78 Å². The highest BCUT2D eigenvalue weighted by atomic mass is 35.5. The molecule has 0 atom stereocenters. The van der Waals surface area contributed by atoms with Crippen LogP contribution in [0, 0.1) is 15.5 Å². The summed E-state index contributed by atoms with van der Waals surface area (Å²) in [6.45, 7) is 4.19. The van der Waals surface area contributed by atoms with Gasteiger partial charge in [-0.05, 0) is 59.9 Å². The zero-order valence-corrected chi connectivity index (χ0v) is 16.4. The van der Waals surface area contributed by atoms with E-state index in [2.05, 4.69) is 18.4 Å². The van der Waals surface area contributed by atoms with Gasteiger partial charge in [-0.1, -0.05) is 25.4 Å². The van der Waals surface area contributed by atoms with Crippen LogP contribution in [0.2, 0.25) is 5.02 Å². The van der Waals surface area contributed by atoms with Crippen molar-refractivity contribution in [2.24, 2.45) is 5.41 Å². The number of carbonyl (C=O) groups is 1. The maximum Gasteiger partial charge on any atom is 0.269 e. The molecule has 0 aliphatic heterocycles. The molecular formula is C22H19ClN2O3. The molecule has 3 aromatic rings. The molecule has 0 N–H and O–H groups in total.